The van der Waals surface area contributed by atoms with Crippen molar-refractivity contribution >= 4 is 22.9 Å². The highest BCUT2D eigenvalue weighted by Crippen LogP contribution is 2.21. The molecule has 0 aliphatic rings. The van der Waals surface area contributed by atoms with E-state index in [1.54, 1.807) is 11.3 Å². The molecule has 0 radical (unpaired) electrons. The molecule has 1 N–H and O–H groups in total. The minimum atomic E-state index is 0.182. The predicted octanol–water partition coefficient (Wildman–Crippen LogP) is 2.83. The summed E-state index contributed by atoms with van der Waals surface area (Å²) in [5.74, 6) is 0. The fraction of sp³-hybridized carbons (Fsp3) is 0.636. The highest BCUT2D eigenvalue weighted by molar-refractivity contribution is 7.16. The fourth-order valence-electron chi connectivity index (χ4n) is 1.10. The molecule has 1 heterocycles. The van der Waals surface area contributed by atoms with Crippen LogP contribution in [0.15, 0.2) is 12.1 Å². The Morgan fingerprint density at radius 2 is 2.07 bits per heavy atom. The minimum absolute atomic E-state index is 0.182. The molecular weight excluding hydrogens is 228 g/mol. The average molecular weight is 247 g/mol. The van der Waals surface area contributed by atoms with Gasteiger partial charge < -0.3 is 10.2 Å². The van der Waals surface area contributed by atoms with E-state index in [1.165, 1.54) is 4.88 Å². The Morgan fingerprint density at radius 1 is 1.40 bits per heavy atom. The molecule has 2 nitrogen and oxygen atoms in total. The molecule has 0 bridgehead atoms. The van der Waals surface area contributed by atoms with Gasteiger partial charge in [-0.05, 0) is 40.1 Å². The molecule has 0 unspecified atom stereocenters. The van der Waals surface area contributed by atoms with Crippen molar-refractivity contribution in [1.29, 1.82) is 0 Å². The van der Waals surface area contributed by atoms with Crippen LogP contribution in [-0.4, -0.2) is 31.1 Å². The van der Waals surface area contributed by atoms with E-state index < -0.39 is 0 Å². The van der Waals surface area contributed by atoms with Gasteiger partial charge in [0, 0.05) is 23.5 Å². The summed E-state index contributed by atoms with van der Waals surface area (Å²) in [6.45, 7) is 6.31. The Labute approximate surface area is 101 Å². The number of halogens is 1. The average Bonchev–Trinajstić information content (AvgIpc) is 2.51. The lowest BCUT2D eigenvalue weighted by Gasteiger charge is -2.32. The van der Waals surface area contributed by atoms with Gasteiger partial charge >= 0.3 is 0 Å². The lowest BCUT2D eigenvalue weighted by molar-refractivity contribution is 0.190. The molecule has 0 amide bonds. The summed E-state index contributed by atoms with van der Waals surface area (Å²) in [4.78, 5) is 3.51. The normalized spacial score (nSPS) is 12.4. The maximum absolute atomic E-state index is 5.86. The standard InChI is InChI=1S/C11H19ClN2S/c1-11(2,14(3)4)8-13-7-9-5-6-10(12)15-9/h5-6,13H,7-8H2,1-4H3. The third-order valence-corrected chi connectivity index (χ3v) is 3.93. The summed E-state index contributed by atoms with van der Waals surface area (Å²) in [6.07, 6.45) is 0. The quantitative estimate of drug-likeness (QED) is 0.860. The van der Waals surface area contributed by atoms with Crippen LogP contribution in [0.25, 0.3) is 0 Å². The largest absolute Gasteiger partial charge is 0.310 e. The minimum Gasteiger partial charge on any atom is -0.310 e. The second-order valence-electron chi connectivity index (χ2n) is 4.52. The van der Waals surface area contributed by atoms with E-state index in [9.17, 15) is 0 Å². The smallest absolute Gasteiger partial charge is 0.0931 e. The van der Waals surface area contributed by atoms with Crippen molar-refractivity contribution in [3.05, 3.63) is 21.3 Å². The van der Waals surface area contributed by atoms with Crippen LogP contribution >= 0.6 is 22.9 Å². The van der Waals surface area contributed by atoms with Gasteiger partial charge in [0.25, 0.3) is 0 Å². The molecule has 1 aromatic heterocycles. The van der Waals surface area contributed by atoms with Crippen LogP contribution < -0.4 is 5.32 Å². The Kier molecular flexibility index (Phi) is 4.59. The third-order valence-electron chi connectivity index (χ3n) is 2.70. The van der Waals surface area contributed by atoms with Crippen LogP contribution in [0.5, 0.6) is 0 Å². The first-order valence-electron chi connectivity index (χ1n) is 5.04. The maximum atomic E-state index is 5.86. The molecule has 0 aliphatic carbocycles. The monoisotopic (exact) mass is 246 g/mol. The Hall–Kier alpha value is -0.0900. The zero-order valence-corrected chi connectivity index (χ0v) is 11.4. The summed E-state index contributed by atoms with van der Waals surface area (Å²) < 4.78 is 0.860. The molecule has 1 rings (SSSR count). The van der Waals surface area contributed by atoms with Gasteiger partial charge in [-0.3, -0.25) is 0 Å². The van der Waals surface area contributed by atoms with Crippen LogP contribution in [0.2, 0.25) is 4.34 Å². The predicted molar refractivity (Wildman–Crippen MR) is 68.8 cm³/mol. The molecule has 15 heavy (non-hydrogen) atoms. The summed E-state index contributed by atoms with van der Waals surface area (Å²) in [5.41, 5.74) is 0.182. The molecule has 0 atom stereocenters. The van der Waals surface area contributed by atoms with E-state index in [4.69, 9.17) is 11.6 Å². The van der Waals surface area contributed by atoms with Crippen LogP contribution in [0, 0.1) is 0 Å². The van der Waals surface area contributed by atoms with Crippen LogP contribution in [0.1, 0.15) is 18.7 Å². The SMILES string of the molecule is CN(C)C(C)(C)CNCc1ccc(Cl)s1. The van der Waals surface area contributed by atoms with Crippen molar-refractivity contribution in [2.45, 2.75) is 25.9 Å². The van der Waals surface area contributed by atoms with Gasteiger partial charge in [-0.2, -0.15) is 0 Å². The summed E-state index contributed by atoms with van der Waals surface area (Å²) in [7, 11) is 4.20. The van der Waals surface area contributed by atoms with Crippen molar-refractivity contribution in [2.24, 2.45) is 0 Å². The number of thiophene rings is 1. The van der Waals surface area contributed by atoms with Crippen molar-refractivity contribution in [2.75, 3.05) is 20.6 Å². The maximum Gasteiger partial charge on any atom is 0.0931 e. The fourth-order valence-corrected chi connectivity index (χ4v) is 2.15. The zero-order chi connectivity index (χ0) is 11.5. The second-order valence-corrected chi connectivity index (χ2v) is 6.32. The Balaban J connectivity index is 2.33. The van der Waals surface area contributed by atoms with E-state index >= 15 is 0 Å². The van der Waals surface area contributed by atoms with Gasteiger partial charge in [-0.1, -0.05) is 11.6 Å². The van der Waals surface area contributed by atoms with Gasteiger partial charge in [0.05, 0.1) is 4.34 Å². The van der Waals surface area contributed by atoms with Gasteiger partial charge in [0.2, 0.25) is 0 Å². The van der Waals surface area contributed by atoms with E-state index in [2.05, 4.69) is 44.2 Å². The van der Waals surface area contributed by atoms with Crippen molar-refractivity contribution in [3.63, 3.8) is 0 Å². The van der Waals surface area contributed by atoms with Gasteiger partial charge in [-0.15, -0.1) is 11.3 Å². The molecule has 0 saturated heterocycles. The molecule has 0 fully saturated rings. The summed E-state index contributed by atoms with van der Waals surface area (Å²) >= 11 is 7.50. The number of hydrogen-bond acceptors (Lipinski definition) is 3. The lowest BCUT2D eigenvalue weighted by Crippen LogP contribution is -2.46. The summed E-state index contributed by atoms with van der Waals surface area (Å²) in [5, 5.41) is 3.45. The third kappa shape index (κ3) is 4.11. The molecule has 86 valence electrons. The first-order chi connectivity index (χ1) is 6.92. The highest BCUT2D eigenvalue weighted by atomic mass is 35.5. The Bertz CT molecular complexity index is 307. The molecule has 0 saturated carbocycles. The molecular formula is C11H19ClN2S. The second kappa shape index (κ2) is 5.30. The first-order valence-corrected chi connectivity index (χ1v) is 6.23. The molecule has 0 aromatic carbocycles. The lowest BCUT2D eigenvalue weighted by atomic mass is 10.0. The number of nitrogens with zero attached hydrogens (tertiary/aromatic N) is 1. The number of likely N-dealkylation sites (N-methyl/N-ethyl adjacent to an activating group) is 1. The molecule has 1 aromatic rings. The Morgan fingerprint density at radius 3 is 2.53 bits per heavy atom. The van der Waals surface area contributed by atoms with Gasteiger partial charge in [0.15, 0.2) is 0 Å². The van der Waals surface area contributed by atoms with Crippen molar-refractivity contribution in [3.8, 4) is 0 Å². The van der Waals surface area contributed by atoms with Crippen LogP contribution in [0.4, 0.5) is 0 Å². The number of hydrogen-bond donors (Lipinski definition) is 1. The van der Waals surface area contributed by atoms with Crippen LogP contribution in [0.3, 0.4) is 0 Å². The number of rotatable bonds is 5. The van der Waals surface area contributed by atoms with Gasteiger partial charge in [-0.25, -0.2) is 0 Å². The van der Waals surface area contributed by atoms with E-state index in [-0.39, 0.29) is 5.54 Å². The first kappa shape index (κ1) is 13.0. The number of nitrogens with one attached hydrogen (secondary N) is 1. The molecule has 4 heteroatoms. The van der Waals surface area contributed by atoms with E-state index in [0.29, 0.717) is 0 Å². The zero-order valence-electron chi connectivity index (χ0n) is 9.80. The van der Waals surface area contributed by atoms with Crippen molar-refractivity contribution < 1.29 is 0 Å². The van der Waals surface area contributed by atoms with E-state index in [0.717, 1.165) is 17.4 Å². The molecule has 0 aliphatic heterocycles. The van der Waals surface area contributed by atoms with Gasteiger partial charge in [0.1, 0.15) is 0 Å². The highest BCUT2D eigenvalue weighted by Gasteiger charge is 2.19. The topological polar surface area (TPSA) is 15.3 Å². The van der Waals surface area contributed by atoms with Crippen molar-refractivity contribution in [1.82, 2.24) is 10.2 Å². The summed E-state index contributed by atoms with van der Waals surface area (Å²) in [6, 6.07) is 4.02. The van der Waals surface area contributed by atoms with Crippen LogP contribution in [-0.2, 0) is 6.54 Å². The molecule has 0 spiro atoms. The van der Waals surface area contributed by atoms with E-state index in [1.807, 2.05) is 6.07 Å².